The van der Waals surface area contributed by atoms with Gasteiger partial charge in [0.05, 0.1) is 23.3 Å². The summed E-state index contributed by atoms with van der Waals surface area (Å²) in [6, 6.07) is 20.4. The molecular formula is C25H25N5O3S. The quantitative estimate of drug-likeness (QED) is 0.422. The van der Waals surface area contributed by atoms with E-state index in [4.69, 9.17) is 5.10 Å². The van der Waals surface area contributed by atoms with E-state index >= 15 is 0 Å². The monoisotopic (exact) mass is 475 g/mol. The molecule has 4 rings (SSSR count). The van der Waals surface area contributed by atoms with Gasteiger partial charge in [-0.15, -0.1) is 0 Å². The normalized spacial score (nSPS) is 11.2. The van der Waals surface area contributed by atoms with Crippen LogP contribution >= 0.6 is 0 Å². The molecular weight excluding hydrogens is 450 g/mol. The first-order chi connectivity index (χ1) is 16.3. The number of hydrogen-bond donors (Lipinski definition) is 1. The molecule has 0 radical (unpaired) electrons. The lowest BCUT2D eigenvalue weighted by Crippen LogP contribution is -2.40. The fourth-order valence-electron chi connectivity index (χ4n) is 3.61. The molecule has 4 aromatic rings. The Bertz CT molecular complexity index is 1390. The standard InChI is InChI=1S/C25H25N5O3S/c1-19-8-6-7-11-23(19)30(34(2,32)33)18-24(31)27-16-21-17-29(22-9-4-3-5-10-22)28-25(21)20-12-14-26-15-13-20/h3-15,17H,16,18H2,1-2H3,(H,27,31). The van der Waals surface area contributed by atoms with Crippen LogP contribution in [0.4, 0.5) is 5.69 Å². The highest BCUT2D eigenvalue weighted by Gasteiger charge is 2.22. The number of rotatable bonds is 8. The second-order valence-electron chi connectivity index (χ2n) is 7.85. The maximum Gasteiger partial charge on any atom is 0.241 e. The number of benzene rings is 2. The van der Waals surface area contributed by atoms with E-state index in [9.17, 15) is 13.2 Å². The molecule has 0 saturated carbocycles. The van der Waals surface area contributed by atoms with Crippen LogP contribution in [0.1, 0.15) is 11.1 Å². The van der Waals surface area contributed by atoms with E-state index < -0.39 is 15.9 Å². The van der Waals surface area contributed by atoms with Gasteiger partial charge in [-0.2, -0.15) is 5.10 Å². The average molecular weight is 476 g/mol. The number of aromatic nitrogens is 3. The number of sulfonamides is 1. The van der Waals surface area contributed by atoms with E-state index in [0.29, 0.717) is 11.4 Å². The van der Waals surface area contributed by atoms with Crippen LogP contribution in [-0.2, 0) is 21.4 Å². The number of pyridine rings is 1. The third-order valence-electron chi connectivity index (χ3n) is 5.31. The molecule has 1 N–H and O–H groups in total. The molecule has 0 spiro atoms. The number of carbonyl (C=O) groups excluding carboxylic acids is 1. The molecule has 0 unspecified atom stereocenters. The molecule has 0 aliphatic heterocycles. The number of carbonyl (C=O) groups is 1. The molecule has 34 heavy (non-hydrogen) atoms. The molecule has 0 saturated heterocycles. The SMILES string of the molecule is Cc1ccccc1N(CC(=O)NCc1cn(-c2ccccc2)nc1-c1ccncc1)S(C)(=O)=O. The van der Waals surface area contributed by atoms with Gasteiger partial charge in [-0.1, -0.05) is 36.4 Å². The minimum Gasteiger partial charge on any atom is -0.350 e. The van der Waals surface area contributed by atoms with Crippen molar-refractivity contribution in [2.75, 3.05) is 17.1 Å². The van der Waals surface area contributed by atoms with Gasteiger partial charge < -0.3 is 5.32 Å². The fourth-order valence-corrected chi connectivity index (χ4v) is 4.52. The van der Waals surface area contributed by atoms with Crippen LogP contribution in [0.2, 0.25) is 0 Å². The minimum absolute atomic E-state index is 0.189. The van der Waals surface area contributed by atoms with Crippen LogP contribution in [0.25, 0.3) is 16.9 Å². The summed E-state index contributed by atoms with van der Waals surface area (Å²) in [5, 5.41) is 7.57. The van der Waals surface area contributed by atoms with E-state index in [1.165, 1.54) is 0 Å². The van der Waals surface area contributed by atoms with Crippen molar-refractivity contribution in [2.45, 2.75) is 13.5 Å². The Kier molecular flexibility index (Phi) is 6.74. The number of nitrogens with zero attached hydrogens (tertiary/aromatic N) is 4. The van der Waals surface area contributed by atoms with Crippen molar-refractivity contribution < 1.29 is 13.2 Å². The number of aryl methyl sites for hydroxylation is 1. The molecule has 8 nitrogen and oxygen atoms in total. The van der Waals surface area contributed by atoms with Crippen molar-refractivity contribution >= 4 is 21.6 Å². The largest absolute Gasteiger partial charge is 0.350 e. The molecule has 0 aliphatic carbocycles. The van der Waals surface area contributed by atoms with Gasteiger partial charge in [0.2, 0.25) is 15.9 Å². The molecule has 2 heterocycles. The molecule has 0 fully saturated rings. The zero-order valence-corrected chi connectivity index (χ0v) is 19.7. The summed E-state index contributed by atoms with van der Waals surface area (Å²) in [6.07, 6.45) is 6.33. The maximum atomic E-state index is 12.8. The van der Waals surface area contributed by atoms with E-state index in [-0.39, 0.29) is 13.1 Å². The van der Waals surface area contributed by atoms with E-state index in [1.54, 1.807) is 29.2 Å². The van der Waals surface area contributed by atoms with Gasteiger partial charge in [-0.3, -0.25) is 14.1 Å². The summed E-state index contributed by atoms with van der Waals surface area (Å²) < 4.78 is 27.7. The van der Waals surface area contributed by atoms with Gasteiger partial charge in [0.25, 0.3) is 0 Å². The average Bonchev–Trinajstić information content (AvgIpc) is 3.27. The van der Waals surface area contributed by atoms with Gasteiger partial charge in [0.1, 0.15) is 6.54 Å². The second kappa shape index (κ2) is 9.88. The van der Waals surface area contributed by atoms with Gasteiger partial charge in [-0.05, 0) is 42.8 Å². The molecule has 174 valence electrons. The zero-order chi connectivity index (χ0) is 24.1. The molecule has 9 heteroatoms. The van der Waals surface area contributed by atoms with E-state index in [0.717, 1.165) is 32.9 Å². The van der Waals surface area contributed by atoms with Crippen LogP contribution in [0.5, 0.6) is 0 Å². The van der Waals surface area contributed by atoms with Crippen molar-refractivity contribution in [1.82, 2.24) is 20.1 Å². The summed E-state index contributed by atoms with van der Waals surface area (Å²) in [5.74, 6) is -0.415. The number of amides is 1. The predicted molar refractivity (Wildman–Crippen MR) is 132 cm³/mol. The van der Waals surface area contributed by atoms with Gasteiger partial charge in [-0.25, -0.2) is 13.1 Å². The first-order valence-electron chi connectivity index (χ1n) is 10.7. The van der Waals surface area contributed by atoms with Crippen LogP contribution in [0.15, 0.2) is 85.3 Å². The minimum atomic E-state index is -3.65. The third-order valence-corrected chi connectivity index (χ3v) is 6.44. The van der Waals surface area contributed by atoms with Crippen LogP contribution in [-0.4, -0.2) is 41.9 Å². The van der Waals surface area contributed by atoms with Gasteiger partial charge >= 0.3 is 0 Å². The lowest BCUT2D eigenvalue weighted by molar-refractivity contribution is -0.119. The number of hydrogen-bond acceptors (Lipinski definition) is 5. The van der Waals surface area contributed by atoms with Gasteiger partial charge in [0.15, 0.2) is 0 Å². The zero-order valence-electron chi connectivity index (χ0n) is 18.9. The maximum absolute atomic E-state index is 12.8. The Labute approximate surface area is 198 Å². The predicted octanol–water partition coefficient (Wildman–Crippen LogP) is 3.33. The Balaban J connectivity index is 1.57. The van der Waals surface area contributed by atoms with E-state index in [2.05, 4.69) is 10.3 Å². The van der Waals surface area contributed by atoms with Crippen LogP contribution < -0.4 is 9.62 Å². The van der Waals surface area contributed by atoms with Gasteiger partial charge in [0, 0.05) is 36.3 Å². The molecule has 0 aliphatic rings. The lowest BCUT2D eigenvalue weighted by Gasteiger charge is -2.23. The first-order valence-corrected chi connectivity index (χ1v) is 12.5. The van der Waals surface area contributed by atoms with Crippen LogP contribution in [0, 0.1) is 6.92 Å². The van der Waals surface area contributed by atoms with Crippen molar-refractivity contribution in [2.24, 2.45) is 0 Å². The Morgan fingerprint density at radius 2 is 1.68 bits per heavy atom. The second-order valence-corrected chi connectivity index (χ2v) is 9.76. The highest BCUT2D eigenvalue weighted by molar-refractivity contribution is 7.92. The van der Waals surface area contributed by atoms with Crippen molar-refractivity contribution in [3.8, 4) is 16.9 Å². The number of nitrogens with one attached hydrogen (secondary N) is 1. The summed E-state index contributed by atoms with van der Waals surface area (Å²) >= 11 is 0. The van der Waals surface area contributed by atoms with E-state index in [1.807, 2.05) is 67.7 Å². The highest BCUT2D eigenvalue weighted by Crippen LogP contribution is 2.24. The fraction of sp³-hybridized carbons (Fsp3) is 0.160. The topological polar surface area (TPSA) is 97.2 Å². The Morgan fingerprint density at radius 3 is 2.35 bits per heavy atom. The summed E-state index contributed by atoms with van der Waals surface area (Å²) in [7, 11) is -3.65. The number of para-hydroxylation sites is 2. The van der Waals surface area contributed by atoms with Crippen molar-refractivity contribution in [3.63, 3.8) is 0 Å². The third kappa shape index (κ3) is 5.32. The Morgan fingerprint density at radius 1 is 1.00 bits per heavy atom. The highest BCUT2D eigenvalue weighted by atomic mass is 32.2. The Hall–Kier alpha value is -3.98. The van der Waals surface area contributed by atoms with Crippen LogP contribution in [0.3, 0.4) is 0 Å². The summed E-state index contributed by atoms with van der Waals surface area (Å²) in [6.45, 7) is 1.68. The summed E-state index contributed by atoms with van der Waals surface area (Å²) in [5.41, 5.74) is 4.51. The van der Waals surface area contributed by atoms with Crippen molar-refractivity contribution in [3.05, 3.63) is 96.4 Å². The molecule has 0 bridgehead atoms. The van der Waals surface area contributed by atoms with Crippen molar-refractivity contribution in [1.29, 1.82) is 0 Å². The molecule has 2 aromatic carbocycles. The molecule has 2 aromatic heterocycles. The molecule has 1 amide bonds. The lowest BCUT2D eigenvalue weighted by atomic mass is 10.1. The summed E-state index contributed by atoms with van der Waals surface area (Å²) in [4.78, 5) is 16.9. The first kappa shape index (κ1) is 23.2. The smallest absolute Gasteiger partial charge is 0.241 e. The number of anilines is 1. The molecule has 0 atom stereocenters.